The molecule has 0 saturated carbocycles. The zero-order chi connectivity index (χ0) is 9.80. The summed E-state index contributed by atoms with van der Waals surface area (Å²) in [6.45, 7) is 0. The normalized spacial score (nSPS) is 14.6. The van der Waals surface area contributed by atoms with Gasteiger partial charge in [0, 0.05) is 12.0 Å². The number of hydrogen-bond donors (Lipinski definition) is 0. The lowest BCUT2D eigenvalue weighted by molar-refractivity contribution is -0.114. The molecular formula is C13H10O. The number of Topliss-reactive ketones (excluding diaryl/α,β-unsaturated/α-hetero) is 1. The first kappa shape index (κ1) is 8.77. The molecule has 1 heteroatoms. The van der Waals surface area contributed by atoms with Gasteiger partial charge in [-0.05, 0) is 18.6 Å². The molecule has 1 nitrogen and oxygen atoms in total. The van der Waals surface area contributed by atoms with Crippen LogP contribution in [0.3, 0.4) is 0 Å². The van der Waals surface area contributed by atoms with E-state index in [0.29, 0.717) is 12.0 Å². The molecule has 1 aliphatic carbocycles. The number of hydrogen-bond acceptors (Lipinski definition) is 1. The average molecular weight is 182 g/mol. The summed E-state index contributed by atoms with van der Waals surface area (Å²) in [6.07, 6.45) is 3.38. The van der Waals surface area contributed by atoms with Crippen LogP contribution >= 0.6 is 0 Å². The van der Waals surface area contributed by atoms with Crippen LogP contribution in [0.15, 0.2) is 42.0 Å². The maximum absolute atomic E-state index is 11.2. The van der Waals surface area contributed by atoms with Crippen molar-refractivity contribution in [2.24, 2.45) is 0 Å². The highest BCUT2D eigenvalue weighted by molar-refractivity contribution is 6.01. The van der Waals surface area contributed by atoms with E-state index in [0.717, 1.165) is 12.0 Å². The highest BCUT2D eigenvalue weighted by Crippen LogP contribution is 2.12. The monoisotopic (exact) mass is 182 g/mol. The van der Waals surface area contributed by atoms with Crippen LogP contribution in [0.2, 0.25) is 0 Å². The summed E-state index contributed by atoms with van der Waals surface area (Å²) < 4.78 is 0. The Bertz CT molecular complexity index is 429. The number of carbonyl (C=O) groups is 1. The Morgan fingerprint density at radius 1 is 1.07 bits per heavy atom. The van der Waals surface area contributed by atoms with Gasteiger partial charge in [-0.15, -0.1) is 0 Å². The Balaban J connectivity index is 2.19. The average Bonchev–Trinajstić information content (AvgIpc) is 2.63. The summed E-state index contributed by atoms with van der Waals surface area (Å²) in [5.74, 6) is 6.06. The Labute approximate surface area is 83.5 Å². The van der Waals surface area contributed by atoms with E-state index in [4.69, 9.17) is 0 Å². The molecule has 0 unspecified atom stereocenters. The minimum atomic E-state index is 0.174. The van der Waals surface area contributed by atoms with E-state index in [1.165, 1.54) is 0 Å². The summed E-state index contributed by atoms with van der Waals surface area (Å²) in [7, 11) is 0. The van der Waals surface area contributed by atoms with Crippen LogP contribution in [-0.2, 0) is 4.79 Å². The summed E-state index contributed by atoms with van der Waals surface area (Å²) in [4.78, 5) is 11.2. The van der Waals surface area contributed by atoms with Crippen molar-refractivity contribution in [3.05, 3.63) is 47.5 Å². The molecule has 0 amide bonds. The minimum Gasteiger partial charge on any atom is -0.293 e. The predicted molar refractivity (Wildman–Crippen MR) is 55.6 cm³/mol. The van der Waals surface area contributed by atoms with Crippen molar-refractivity contribution >= 4 is 5.78 Å². The van der Waals surface area contributed by atoms with Crippen LogP contribution in [0, 0.1) is 11.8 Å². The van der Waals surface area contributed by atoms with Gasteiger partial charge in [0.15, 0.2) is 5.78 Å². The molecular weight excluding hydrogens is 172 g/mol. The minimum absolute atomic E-state index is 0.174. The zero-order valence-electron chi connectivity index (χ0n) is 7.79. The van der Waals surface area contributed by atoms with Gasteiger partial charge in [0.1, 0.15) is 0 Å². The van der Waals surface area contributed by atoms with Crippen LogP contribution in [-0.4, -0.2) is 5.78 Å². The first-order chi connectivity index (χ1) is 6.86. The second kappa shape index (κ2) is 3.93. The quantitative estimate of drug-likeness (QED) is 0.563. The Kier molecular flexibility index (Phi) is 2.46. The van der Waals surface area contributed by atoms with E-state index >= 15 is 0 Å². The number of allylic oxidation sites excluding steroid dienone is 2. The third kappa shape index (κ3) is 1.92. The summed E-state index contributed by atoms with van der Waals surface area (Å²) in [5.41, 5.74) is 1.63. The Hall–Kier alpha value is -1.81. The van der Waals surface area contributed by atoms with Gasteiger partial charge in [-0.2, -0.15) is 0 Å². The van der Waals surface area contributed by atoms with Crippen molar-refractivity contribution in [3.8, 4) is 11.8 Å². The SMILES string of the molecule is O=C1CCC=C1C#Cc1ccccc1. The Morgan fingerprint density at radius 2 is 1.86 bits per heavy atom. The van der Waals surface area contributed by atoms with Crippen molar-refractivity contribution in [3.63, 3.8) is 0 Å². The van der Waals surface area contributed by atoms with Gasteiger partial charge in [0.05, 0.1) is 5.57 Å². The molecule has 0 bridgehead atoms. The molecule has 0 fully saturated rings. The van der Waals surface area contributed by atoms with Gasteiger partial charge in [0.25, 0.3) is 0 Å². The van der Waals surface area contributed by atoms with Gasteiger partial charge in [-0.1, -0.05) is 36.1 Å². The van der Waals surface area contributed by atoms with Crippen LogP contribution < -0.4 is 0 Å². The van der Waals surface area contributed by atoms with Gasteiger partial charge >= 0.3 is 0 Å². The van der Waals surface area contributed by atoms with Crippen LogP contribution in [0.25, 0.3) is 0 Å². The molecule has 0 atom stereocenters. The zero-order valence-corrected chi connectivity index (χ0v) is 7.79. The smallest absolute Gasteiger partial charge is 0.171 e. The van der Waals surface area contributed by atoms with Gasteiger partial charge in [-0.25, -0.2) is 0 Å². The topological polar surface area (TPSA) is 17.1 Å². The molecule has 68 valence electrons. The molecule has 0 N–H and O–H groups in total. The number of benzene rings is 1. The van der Waals surface area contributed by atoms with Crippen molar-refractivity contribution in [2.75, 3.05) is 0 Å². The first-order valence-electron chi connectivity index (χ1n) is 4.67. The van der Waals surface area contributed by atoms with Crippen molar-refractivity contribution in [2.45, 2.75) is 12.8 Å². The molecule has 2 rings (SSSR count). The highest BCUT2D eigenvalue weighted by Gasteiger charge is 2.11. The van der Waals surface area contributed by atoms with Crippen LogP contribution in [0.1, 0.15) is 18.4 Å². The molecule has 1 aliphatic rings. The van der Waals surface area contributed by atoms with E-state index in [2.05, 4.69) is 11.8 Å². The highest BCUT2D eigenvalue weighted by atomic mass is 16.1. The maximum Gasteiger partial charge on any atom is 0.171 e. The van der Waals surface area contributed by atoms with E-state index < -0.39 is 0 Å². The second-order valence-corrected chi connectivity index (χ2v) is 3.20. The lowest BCUT2D eigenvalue weighted by Gasteiger charge is -1.87. The van der Waals surface area contributed by atoms with E-state index in [1.807, 2.05) is 36.4 Å². The third-order valence-electron chi connectivity index (χ3n) is 2.14. The molecule has 1 aromatic rings. The molecule has 0 radical (unpaired) electrons. The predicted octanol–water partition coefficient (Wildman–Crippen LogP) is 2.33. The molecule has 0 aromatic heterocycles. The summed E-state index contributed by atoms with van der Waals surface area (Å²) in [5, 5.41) is 0. The lowest BCUT2D eigenvalue weighted by Crippen LogP contribution is -1.91. The molecule has 14 heavy (non-hydrogen) atoms. The van der Waals surface area contributed by atoms with Gasteiger partial charge < -0.3 is 0 Å². The summed E-state index contributed by atoms with van der Waals surface area (Å²) in [6, 6.07) is 9.70. The number of ketones is 1. The van der Waals surface area contributed by atoms with E-state index in [9.17, 15) is 4.79 Å². The molecule has 0 heterocycles. The van der Waals surface area contributed by atoms with E-state index in [1.54, 1.807) is 0 Å². The Morgan fingerprint density at radius 3 is 2.50 bits per heavy atom. The third-order valence-corrected chi connectivity index (χ3v) is 2.14. The van der Waals surface area contributed by atoms with Crippen LogP contribution in [0.4, 0.5) is 0 Å². The van der Waals surface area contributed by atoms with Gasteiger partial charge in [0.2, 0.25) is 0 Å². The van der Waals surface area contributed by atoms with Crippen molar-refractivity contribution in [1.82, 2.24) is 0 Å². The van der Waals surface area contributed by atoms with E-state index in [-0.39, 0.29) is 5.78 Å². The fraction of sp³-hybridized carbons (Fsp3) is 0.154. The standard InChI is InChI=1S/C13H10O/c14-13-8-4-7-12(13)10-9-11-5-2-1-3-6-11/h1-3,5-7H,4,8H2. The number of rotatable bonds is 0. The largest absolute Gasteiger partial charge is 0.293 e. The molecule has 0 aliphatic heterocycles. The maximum atomic E-state index is 11.2. The lowest BCUT2D eigenvalue weighted by atomic mass is 10.2. The van der Waals surface area contributed by atoms with Gasteiger partial charge in [-0.3, -0.25) is 4.79 Å². The molecule has 1 aromatic carbocycles. The fourth-order valence-corrected chi connectivity index (χ4v) is 1.38. The van der Waals surface area contributed by atoms with Crippen molar-refractivity contribution in [1.29, 1.82) is 0 Å². The fourth-order valence-electron chi connectivity index (χ4n) is 1.38. The van der Waals surface area contributed by atoms with Crippen LogP contribution in [0.5, 0.6) is 0 Å². The second-order valence-electron chi connectivity index (χ2n) is 3.20. The first-order valence-corrected chi connectivity index (χ1v) is 4.67. The number of carbonyl (C=O) groups excluding carboxylic acids is 1. The van der Waals surface area contributed by atoms with Crippen molar-refractivity contribution < 1.29 is 4.79 Å². The summed E-state index contributed by atoms with van der Waals surface area (Å²) >= 11 is 0. The molecule has 0 spiro atoms. The molecule has 0 saturated heterocycles.